The van der Waals surface area contributed by atoms with Gasteiger partial charge in [0.05, 0.1) is 20.9 Å². The van der Waals surface area contributed by atoms with E-state index in [-0.39, 0.29) is 5.91 Å². The summed E-state index contributed by atoms with van der Waals surface area (Å²) in [6.07, 6.45) is 2.36. The van der Waals surface area contributed by atoms with Gasteiger partial charge in [-0.3, -0.25) is 4.79 Å². The van der Waals surface area contributed by atoms with Crippen LogP contribution in [0, 0.1) is 13.8 Å². The molecule has 0 radical (unpaired) electrons. The maximum absolute atomic E-state index is 12.1. The Balaban J connectivity index is 1.99. The second-order valence-electron chi connectivity index (χ2n) is 5.77. The van der Waals surface area contributed by atoms with Gasteiger partial charge in [0, 0.05) is 12.5 Å². The normalized spacial score (nSPS) is 11.2. The number of unbranched alkanes of at least 4 members (excludes halogenated alkanes) is 1. The maximum atomic E-state index is 12.1. The Morgan fingerprint density at radius 3 is 2.88 bits per heavy atom. The van der Waals surface area contributed by atoms with E-state index in [0.717, 1.165) is 34.3 Å². The summed E-state index contributed by atoms with van der Waals surface area (Å²) < 4.78 is 2.61. The molecule has 0 aliphatic carbocycles. The monoisotopic (exact) mass is 362 g/mol. The van der Waals surface area contributed by atoms with Gasteiger partial charge in [0.2, 0.25) is 11.0 Å². The molecule has 0 fully saturated rings. The lowest BCUT2D eigenvalue weighted by Gasteiger charge is -2.05. The first-order valence-electron chi connectivity index (χ1n) is 7.92. The molecule has 2 aromatic heterocycles. The molecular weight excluding hydrogens is 344 g/mol. The lowest BCUT2D eigenvalue weighted by Crippen LogP contribution is -2.14. The Kier molecular flexibility index (Phi) is 4.87. The second kappa shape index (κ2) is 6.91. The number of hydrogen-bond acceptors (Lipinski definition) is 4. The third-order valence-electron chi connectivity index (χ3n) is 3.72. The van der Waals surface area contributed by atoms with Gasteiger partial charge in [-0.15, -0.1) is 0 Å². The quantitative estimate of drug-likeness (QED) is 0.703. The van der Waals surface area contributed by atoms with E-state index in [0.29, 0.717) is 22.4 Å². The summed E-state index contributed by atoms with van der Waals surface area (Å²) in [7, 11) is 0. The molecule has 1 aromatic carbocycles. The molecule has 5 nitrogen and oxygen atoms in total. The van der Waals surface area contributed by atoms with Gasteiger partial charge in [0.25, 0.3) is 0 Å². The van der Waals surface area contributed by atoms with Crippen molar-refractivity contribution < 1.29 is 4.79 Å². The molecule has 3 aromatic rings. The van der Waals surface area contributed by atoms with Gasteiger partial charge in [-0.05, 0) is 31.9 Å². The van der Waals surface area contributed by atoms with E-state index in [1.165, 1.54) is 11.3 Å². The zero-order chi connectivity index (χ0) is 17.3. The third kappa shape index (κ3) is 3.30. The Morgan fingerprint density at radius 2 is 2.17 bits per heavy atom. The van der Waals surface area contributed by atoms with E-state index >= 15 is 0 Å². The number of halogens is 1. The van der Waals surface area contributed by atoms with Crippen LogP contribution in [0.4, 0.5) is 5.82 Å². The number of aromatic nitrogens is 3. The number of hydrogen-bond donors (Lipinski definition) is 1. The molecule has 1 N–H and O–H groups in total. The molecule has 126 valence electrons. The van der Waals surface area contributed by atoms with E-state index < -0.39 is 0 Å². The second-order valence-corrected chi connectivity index (χ2v) is 7.16. The molecule has 7 heteroatoms. The highest BCUT2D eigenvalue weighted by atomic mass is 35.5. The topological polar surface area (TPSA) is 59.8 Å². The number of amides is 1. The molecule has 0 bridgehead atoms. The Hall–Kier alpha value is -1.92. The highest BCUT2D eigenvalue weighted by molar-refractivity contribution is 7.21. The van der Waals surface area contributed by atoms with Crippen molar-refractivity contribution in [1.29, 1.82) is 0 Å². The van der Waals surface area contributed by atoms with Gasteiger partial charge < -0.3 is 5.32 Å². The standard InChI is InChI=1S/C17H19ClN4OS/c1-4-5-6-14(23)19-13-9-11(3)21-22(13)17-20-15-10(2)7-8-12(18)16(15)24-17/h7-9H,4-6H2,1-3H3,(H,19,23). The summed E-state index contributed by atoms with van der Waals surface area (Å²) in [5.74, 6) is 0.634. The van der Waals surface area contributed by atoms with Crippen molar-refractivity contribution in [2.45, 2.75) is 40.0 Å². The summed E-state index contributed by atoms with van der Waals surface area (Å²) in [5.41, 5.74) is 2.76. The number of thiazole rings is 1. The van der Waals surface area contributed by atoms with Crippen LogP contribution < -0.4 is 5.32 Å². The van der Waals surface area contributed by atoms with Crippen molar-refractivity contribution in [3.05, 3.63) is 34.5 Å². The average Bonchev–Trinajstić information content (AvgIpc) is 3.13. The largest absolute Gasteiger partial charge is 0.311 e. The zero-order valence-corrected chi connectivity index (χ0v) is 15.5. The SMILES string of the molecule is CCCCC(=O)Nc1cc(C)nn1-c1nc2c(C)ccc(Cl)c2s1. The molecule has 24 heavy (non-hydrogen) atoms. The van der Waals surface area contributed by atoms with Crippen LogP contribution in [-0.2, 0) is 4.79 Å². The highest BCUT2D eigenvalue weighted by Gasteiger charge is 2.16. The van der Waals surface area contributed by atoms with Crippen LogP contribution in [-0.4, -0.2) is 20.7 Å². The zero-order valence-electron chi connectivity index (χ0n) is 13.9. The predicted molar refractivity (Wildman–Crippen MR) is 99.4 cm³/mol. The molecule has 0 atom stereocenters. The minimum Gasteiger partial charge on any atom is -0.311 e. The summed E-state index contributed by atoms with van der Waals surface area (Å²) in [4.78, 5) is 16.7. The molecule has 3 rings (SSSR count). The summed E-state index contributed by atoms with van der Waals surface area (Å²) in [6, 6.07) is 5.68. The maximum Gasteiger partial charge on any atom is 0.225 e. The van der Waals surface area contributed by atoms with Crippen LogP contribution in [0.2, 0.25) is 5.02 Å². The number of aryl methyl sites for hydroxylation is 2. The van der Waals surface area contributed by atoms with Crippen LogP contribution in [0.25, 0.3) is 15.3 Å². The average molecular weight is 363 g/mol. The number of fused-ring (bicyclic) bond motifs is 1. The number of nitrogens with one attached hydrogen (secondary N) is 1. The van der Waals surface area contributed by atoms with Crippen molar-refractivity contribution in [2.24, 2.45) is 0 Å². The van der Waals surface area contributed by atoms with Gasteiger partial charge in [-0.2, -0.15) is 9.78 Å². The molecule has 0 saturated carbocycles. The predicted octanol–water partition coefficient (Wildman–Crippen LogP) is 4.88. The van der Waals surface area contributed by atoms with Gasteiger partial charge in [0.1, 0.15) is 5.82 Å². The number of rotatable bonds is 5. The van der Waals surface area contributed by atoms with Gasteiger partial charge in [0.15, 0.2) is 0 Å². The molecule has 1 amide bonds. The van der Waals surface area contributed by atoms with Gasteiger partial charge in [-0.25, -0.2) is 4.98 Å². The van der Waals surface area contributed by atoms with Crippen LogP contribution in [0.1, 0.15) is 37.4 Å². The fourth-order valence-electron chi connectivity index (χ4n) is 2.46. The summed E-state index contributed by atoms with van der Waals surface area (Å²) in [6.45, 7) is 5.96. The molecular formula is C17H19ClN4OS. The Bertz CT molecular complexity index is 861. The van der Waals surface area contributed by atoms with Crippen LogP contribution in [0.5, 0.6) is 0 Å². The number of benzene rings is 1. The minimum atomic E-state index is -0.00618. The molecule has 0 spiro atoms. The first-order valence-corrected chi connectivity index (χ1v) is 9.11. The number of carbonyl (C=O) groups excluding carboxylic acids is 1. The van der Waals surface area contributed by atoms with Crippen LogP contribution >= 0.6 is 22.9 Å². The highest BCUT2D eigenvalue weighted by Crippen LogP contribution is 2.34. The van der Waals surface area contributed by atoms with Crippen LogP contribution in [0.3, 0.4) is 0 Å². The van der Waals surface area contributed by atoms with Crippen molar-refractivity contribution in [3.63, 3.8) is 0 Å². The fraction of sp³-hybridized carbons (Fsp3) is 0.353. The van der Waals surface area contributed by atoms with Crippen molar-refractivity contribution in [2.75, 3.05) is 5.32 Å². The summed E-state index contributed by atoms with van der Waals surface area (Å²) >= 11 is 7.76. The molecule has 0 aliphatic heterocycles. The summed E-state index contributed by atoms with van der Waals surface area (Å²) in [5, 5.41) is 8.78. The number of nitrogens with zero attached hydrogens (tertiary/aromatic N) is 3. The van der Waals surface area contributed by atoms with E-state index in [1.807, 2.05) is 32.0 Å². The molecule has 0 aliphatic rings. The van der Waals surface area contributed by atoms with E-state index in [2.05, 4.69) is 22.3 Å². The van der Waals surface area contributed by atoms with E-state index in [1.54, 1.807) is 4.68 Å². The molecule has 2 heterocycles. The van der Waals surface area contributed by atoms with Crippen LogP contribution in [0.15, 0.2) is 18.2 Å². The third-order valence-corrected chi connectivity index (χ3v) is 5.21. The molecule has 0 unspecified atom stereocenters. The first kappa shape index (κ1) is 16.9. The van der Waals surface area contributed by atoms with E-state index in [4.69, 9.17) is 11.6 Å². The molecule has 0 saturated heterocycles. The van der Waals surface area contributed by atoms with E-state index in [9.17, 15) is 4.79 Å². The lowest BCUT2D eigenvalue weighted by molar-refractivity contribution is -0.116. The van der Waals surface area contributed by atoms with Gasteiger partial charge >= 0.3 is 0 Å². The Morgan fingerprint density at radius 1 is 1.38 bits per heavy atom. The number of carbonyl (C=O) groups is 1. The lowest BCUT2D eigenvalue weighted by atomic mass is 10.2. The number of anilines is 1. The smallest absolute Gasteiger partial charge is 0.225 e. The van der Waals surface area contributed by atoms with Crippen molar-refractivity contribution in [1.82, 2.24) is 14.8 Å². The van der Waals surface area contributed by atoms with Crippen molar-refractivity contribution in [3.8, 4) is 5.13 Å². The van der Waals surface area contributed by atoms with Crippen molar-refractivity contribution >= 4 is 44.9 Å². The Labute approximate surface area is 149 Å². The minimum absolute atomic E-state index is 0.00618. The fourth-order valence-corrected chi connectivity index (χ4v) is 3.74. The van der Waals surface area contributed by atoms with Gasteiger partial charge in [-0.1, -0.05) is 42.3 Å². The first-order chi connectivity index (χ1) is 11.5.